The second-order valence-electron chi connectivity index (χ2n) is 4.41. The van der Waals surface area contributed by atoms with Gasteiger partial charge >= 0.3 is 5.51 Å². The Bertz CT molecular complexity index is 403. The number of benzene rings is 1. The quantitative estimate of drug-likeness (QED) is 0.633. The van der Waals surface area contributed by atoms with E-state index in [1.807, 2.05) is 31.2 Å². The molecule has 1 rings (SSSR count). The fourth-order valence-electron chi connectivity index (χ4n) is 1.98. The smallest absolute Gasteiger partial charge is 0.160 e. The van der Waals surface area contributed by atoms with Gasteiger partial charge in [0.1, 0.15) is 0 Å². The molecule has 0 unspecified atom stereocenters. The van der Waals surface area contributed by atoms with Gasteiger partial charge in [0.25, 0.3) is 0 Å². The lowest BCUT2D eigenvalue weighted by Gasteiger charge is -2.31. The first-order chi connectivity index (χ1) is 8.84. The molecule has 1 aromatic rings. The molecule has 0 heterocycles. The summed E-state index contributed by atoms with van der Waals surface area (Å²) < 4.78 is 36.7. The van der Waals surface area contributed by atoms with Crippen LogP contribution in [-0.4, -0.2) is 23.0 Å². The van der Waals surface area contributed by atoms with Crippen LogP contribution in [0.4, 0.5) is 13.2 Å². The highest BCUT2D eigenvalue weighted by atomic mass is 35.5. The first-order valence-electron chi connectivity index (χ1n) is 5.73. The Morgan fingerprint density at radius 1 is 1.11 bits per heavy atom. The topological polar surface area (TPSA) is 0 Å². The van der Waals surface area contributed by atoms with Crippen LogP contribution in [0.3, 0.4) is 0 Å². The predicted octanol–water partition coefficient (Wildman–Crippen LogP) is 5.35. The van der Waals surface area contributed by atoms with E-state index in [4.69, 9.17) is 23.2 Å². The SMILES string of the molecule is Cc1ccccc1C(CCl)(CCl)CCSC(F)(F)F. The number of thioether (sulfide) groups is 1. The minimum Gasteiger partial charge on any atom is -0.160 e. The molecule has 108 valence electrons. The van der Waals surface area contributed by atoms with Crippen LogP contribution < -0.4 is 0 Å². The fraction of sp³-hybridized carbons (Fsp3) is 0.538. The van der Waals surface area contributed by atoms with Gasteiger partial charge in [0, 0.05) is 22.9 Å². The second-order valence-corrected chi connectivity index (χ2v) is 6.10. The molecule has 0 fully saturated rings. The summed E-state index contributed by atoms with van der Waals surface area (Å²) in [5.74, 6) is 0.372. The molecule has 1 aromatic carbocycles. The molecule has 0 aromatic heterocycles. The summed E-state index contributed by atoms with van der Waals surface area (Å²) in [6, 6.07) is 7.54. The van der Waals surface area contributed by atoms with Crippen molar-refractivity contribution >= 4 is 35.0 Å². The molecule has 6 heteroatoms. The molecule has 0 aliphatic rings. The van der Waals surface area contributed by atoms with E-state index in [0.29, 0.717) is 6.42 Å². The third kappa shape index (κ3) is 4.76. The third-order valence-electron chi connectivity index (χ3n) is 3.07. The lowest BCUT2D eigenvalue weighted by atomic mass is 9.79. The summed E-state index contributed by atoms with van der Waals surface area (Å²) in [6.45, 7) is 1.92. The van der Waals surface area contributed by atoms with Crippen molar-refractivity contribution in [2.24, 2.45) is 0 Å². The third-order valence-corrected chi connectivity index (χ3v) is 4.83. The van der Waals surface area contributed by atoms with Crippen LogP contribution in [0.5, 0.6) is 0 Å². The van der Waals surface area contributed by atoms with Crippen molar-refractivity contribution < 1.29 is 13.2 Å². The second kappa shape index (κ2) is 7.09. The number of hydrogen-bond acceptors (Lipinski definition) is 1. The Balaban J connectivity index is 2.89. The molecule has 0 saturated heterocycles. The number of rotatable bonds is 6. The van der Waals surface area contributed by atoms with E-state index >= 15 is 0 Å². The van der Waals surface area contributed by atoms with E-state index in [1.165, 1.54) is 0 Å². The van der Waals surface area contributed by atoms with Crippen LogP contribution >= 0.6 is 35.0 Å². The minimum atomic E-state index is -4.21. The van der Waals surface area contributed by atoms with Gasteiger partial charge in [0.15, 0.2) is 0 Å². The Morgan fingerprint density at radius 3 is 2.16 bits per heavy atom. The van der Waals surface area contributed by atoms with Gasteiger partial charge in [0.2, 0.25) is 0 Å². The van der Waals surface area contributed by atoms with Crippen molar-refractivity contribution in [1.29, 1.82) is 0 Å². The number of halogens is 5. The number of alkyl halides is 5. The molecule has 0 radical (unpaired) electrons. The maximum atomic E-state index is 12.2. The van der Waals surface area contributed by atoms with Crippen molar-refractivity contribution in [2.45, 2.75) is 24.3 Å². The van der Waals surface area contributed by atoms with E-state index in [-0.39, 0.29) is 29.3 Å². The molecule has 0 aliphatic carbocycles. The van der Waals surface area contributed by atoms with Crippen LogP contribution in [0.25, 0.3) is 0 Å². The fourth-order valence-corrected chi connectivity index (χ4v) is 3.54. The van der Waals surface area contributed by atoms with Gasteiger partial charge in [-0.3, -0.25) is 0 Å². The lowest BCUT2D eigenvalue weighted by molar-refractivity contribution is -0.0328. The first kappa shape index (κ1) is 17.0. The van der Waals surface area contributed by atoms with Crippen molar-refractivity contribution in [3.05, 3.63) is 35.4 Å². The zero-order chi connectivity index (χ0) is 14.5. The predicted molar refractivity (Wildman–Crippen MR) is 77.4 cm³/mol. The van der Waals surface area contributed by atoms with Crippen molar-refractivity contribution in [3.63, 3.8) is 0 Å². The highest BCUT2D eigenvalue weighted by molar-refractivity contribution is 8.00. The van der Waals surface area contributed by atoms with Gasteiger partial charge in [-0.2, -0.15) is 13.2 Å². The molecule has 0 aliphatic heterocycles. The Morgan fingerprint density at radius 2 is 1.68 bits per heavy atom. The van der Waals surface area contributed by atoms with Crippen molar-refractivity contribution in [3.8, 4) is 0 Å². The lowest BCUT2D eigenvalue weighted by Crippen LogP contribution is -2.32. The highest BCUT2D eigenvalue weighted by Crippen LogP contribution is 2.38. The molecule has 19 heavy (non-hydrogen) atoms. The summed E-state index contributed by atoms with van der Waals surface area (Å²) in [5, 5.41) is 0. The maximum Gasteiger partial charge on any atom is 0.441 e. The molecule has 0 bridgehead atoms. The maximum absolute atomic E-state index is 12.2. The highest BCUT2D eigenvalue weighted by Gasteiger charge is 2.34. The molecule has 0 amide bonds. The van der Waals surface area contributed by atoms with Crippen molar-refractivity contribution in [2.75, 3.05) is 17.5 Å². The Labute approximate surface area is 125 Å². The zero-order valence-corrected chi connectivity index (χ0v) is 12.8. The van der Waals surface area contributed by atoms with Crippen LogP contribution in [-0.2, 0) is 5.41 Å². The van der Waals surface area contributed by atoms with Gasteiger partial charge in [-0.25, -0.2) is 0 Å². The molecule has 0 spiro atoms. The minimum absolute atomic E-state index is 0.0256. The summed E-state index contributed by atoms with van der Waals surface area (Å²) in [6.07, 6.45) is 0.301. The average Bonchev–Trinajstić information content (AvgIpc) is 2.35. The van der Waals surface area contributed by atoms with Gasteiger partial charge in [0.05, 0.1) is 0 Å². The summed E-state index contributed by atoms with van der Waals surface area (Å²) in [4.78, 5) is 0. The molecule has 0 nitrogen and oxygen atoms in total. The monoisotopic (exact) mass is 330 g/mol. The largest absolute Gasteiger partial charge is 0.441 e. The summed E-state index contributed by atoms with van der Waals surface area (Å²) >= 11 is 12.0. The normalized spacial score (nSPS) is 12.7. The molecular formula is C13H15Cl2F3S. The molecule has 0 N–H and O–H groups in total. The average molecular weight is 331 g/mol. The van der Waals surface area contributed by atoms with Gasteiger partial charge in [-0.05, 0) is 24.5 Å². The van der Waals surface area contributed by atoms with Crippen LogP contribution in [0, 0.1) is 6.92 Å². The molecular weight excluding hydrogens is 316 g/mol. The van der Waals surface area contributed by atoms with Gasteiger partial charge < -0.3 is 0 Å². The number of hydrogen-bond donors (Lipinski definition) is 0. The summed E-state index contributed by atoms with van der Waals surface area (Å²) in [5.41, 5.74) is -2.88. The first-order valence-corrected chi connectivity index (χ1v) is 7.79. The van der Waals surface area contributed by atoms with E-state index in [9.17, 15) is 13.2 Å². The van der Waals surface area contributed by atoms with E-state index < -0.39 is 10.9 Å². The Hall–Kier alpha value is -0.0600. The van der Waals surface area contributed by atoms with Crippen LogP contribution in [0.2, 0.25) is 0 Å². The van der Waals surface area contributed by atoms with Crippen molar-refractivity contribution in [1.82, 2.24) is 0 Å². The zero-order valence-electron chi connectivity index (χ0n) is 10.4. The summed E-state index contributed by atoms with van der Waals surface area (Å²) in [7, 11) is 0. The standard InChI is InChI=1S/C13H15Cl2F3S/c1-10-4-2-3-5-11(10)12(8-14,9-15)6-7-19-13(16,17)18/h2-5H,6-9H2,1H3. The van der Waals surface area contributed by atoms with E-state index in [1.54, 1.807) is 0 Å². The number of aryl methyl sites for hydroxylation is 1. The van der Waals surface area contributed by atoms with Gasteiger partial charge in [-0.15, -0.1) is 23.2 Å². The Kier molecular flexibility index (Phi) is 6.34. The molecule has 0 saturated carbocycles. The van der Waals surface area contributed by atoms with Gasteiger partial charge in [-0.1, -0.05) is 36.0 Å². The molecule has 0 atom stereocenters. The van der Waals surface area contributed by atoms with E-state index in [0.717, 1.165) is 11.1 Å². The van der Waals surface area contributed by atoms with Crippen LogP contribution in [0.15, 0.2) is 24.3 Å². The van der Waals surface area contributed by atoms with E-state index in [2.05, 4.69) is 0 Å². The van der Waals surface area contributed by atoms with Crippen LogP contribution in [0.1, 0.15) is 17.5 Å².